The van der Waals surface area contributed by atoms with E-state index in [4.69, 9.17) is 4.74 Å². The molecule has 0 rings (SSSR count). The number of rotatable bonds is 4. The van der Waals surface area contributed by atoms with E-state index >= 15 is 0 Å². The van der Waals surface area contributed by atoms with E-state index in [9.17, 15) is 0 Å². The molecule has 0 saturated heterocycles. The quantitative estimate of drug-likeness (QED) is 0.447. The SMILES string of the molecule is C=C/C(=C\C)OCCC.CC. The van der Waals surface area contributed by atoms with Crippen LogP contribution in [0.4, 0.5) is 0 Å². The van der Waals surface area contributed by atoms with Crippen LogP contribution in [-0.4, -0.2) is 6.61 Å². The first-order chi connectivity index (χ1) is 5.35. The Hall–Kier alpha value is -0.720. The van der Waals surface area contributed by atoms with Crippen LogP contribution in [0.2, 0.25) is 0 Å². The predicted molar refractivity (Wildman–Crippen MR) is 51.5 cm³/mol. The van der Waals surface area contributed by atoms with Gasteiger partial charge in [0.15, 0.2) is 0 Å². The van der Waals surface area contributed by atoms with Crippen LogP contribution in [0, 0.1) is 0 Å². The van der Waals surface area contributed by atoms with Crippen molar-refractivity contribution >= 4 is 0 Å². The Bertz CT molecular complexity index is 103. The van der Waals surface area contributed by atoms with Crippen molar-refractivity contribution < 1.29 is 4.74 Å². The first kappa shape index (κ1) is 12.9. The van der Waals surface area contributed by atoms with Gasteiger partial charge in [-0.3, -0.25) is 0 Å². The van der Waals surface area contributed by atoms with Gasteiger partial charge in [0.1, 0.15) is 5.76 Å². The average molecular weight is 156 g/mol. The fourth-order valence-electron chi connectivity index (χ4n) is 0.480. The van der Waals surface area contributed by atoms with Crippen LogP contribution in [0.5, 0.6) is 0 Å². The molecular formula is C10H20O. The van der Waals surface area contributed by atoms with E-state index in [2.05, 4.69) is 13.5 Å². The van der Waals surface area contributed by atoms with Gasteiger partial charge in [-0.1, -0.05) is 27.4 Å². The Balaban J connectivity index is 0. The number of hydrogen-bond donors (Lipinski definition) is 0. The zero-order valence-corrected chi connectivity index (χ0v) is 8.18. The lowest BCUT2D eigenvalue weighted by Gasteiger charge is -2.02. The van der Waals surface area contributed by atoms with E-state index in [0.29, 0.717) is 0 Å². The van der Waals surface area contributed by atoms with Crippen molar-refractivity contribution in [2.45, 2.75) is 34.1 Å². The third-order valence-corrected chi connectivity index (χ3v) is 0.959. The van der Waals surface area contributed by atoms with E-state index in [-0.39, 0.29) is 0 Å². The third kappa shape index (κ3) is 9.28. The molecule has 0 aliphatic rings. The Morgan fingerprint density at radius 2 is 2.00 bits per heavy atom. The molecule has 0 aromatic rings. The lowest BCUT2D eigenvalue weighted by molar-refractivity contribution is 0.224. The largest absolute Gasteiger partial charge is 0.494 e. The van der Waals surface area contributed by atoms with Gasteiger partial charge in [-0.05, 0) is 25.5 Å². The first-order valence-corrected chi connectivity index (χ1v) is 4.26. The van der Waals surface area contributed by atoms with Gasteiger partial charge in [0.05, 0.1) is 6.61 Å². The Morgan fingerprint density at radius 3 is 2.27 bits per heavy atom. The lowest BCUT2D eigenvalue weighted by Crippen LogP contribution is -1.89. The minimum Gasteiger partial charge on any atom is -0.494 e. The van der Waals surface area contributed by atoms with Crippen molar-refractivity contribution in [1.29, 1.82) is 0 Å². The van der Waals surface area contributed by atoms with E-state index in [1.54, 1.807) is 6.08 Å². The number of hydrogen-bond acceptors (Lipinski definition) is 1. The van der Waals surface area contributed by atoms with E-state index in [1.807, 2.05) is 26.8 Å². The summed E-state index contributed by atoms with van der Waals surface area (Å²) in [6, 6.07) is 0. The minimum absolute atomic E-state index is 0.783. The molecule has 11 heavy (non-hydrogen) atoms. The summed E-state index contributed by atoms with van der Waals surface area (Å²) in [7, 11) is 0. The third-order valence-electron chi connectivity index (χ3n) is 0.959. The van der Waals surface area contributed by atoms with Crippen LogP contribution >= 0.6 is 0 Å². The highest BCUT2D eigenvalue weighted by Gasteiger charge is 1.85. The van der Waals surface area contributed by atoms with Crippen LogP contribution < -0.4 is 0 Å². The summed E-state index contributed by atoms with van der Waals surface area (Å²) >= 11 is 0. The number of ether oxygens (including phenoxy) is 1. The molecule has 0 unspecified atom stereocenters. The molecule has 0 saturated carbocycles. The highest BCUT2D eigenvalue weighted by Crippen LogP contribution is 1.97. The minimum atomic E-state index is 0.783. The summed E-state index contributed by atoms with van der Waals surface area (Å²) in [5, 5.41) is 0. The van der Waals surface area contributed by atoms with Crippen molar-refractivity contribution in [3.05, 3.63) is 24.5 Å². The van der Waals surface area contributed by atoms with Gasteiger partial charge in [-0.15, -0.1) is 0 Å². The molecule has 0 N–H and O–H groups in total. The Morgan fingerprint density at radius 1 is 1.45 bits per heavy atom. The van der Waals surface area contributed by atoms with Crippen molar-refractivity contribution in [2.24, 2.45) is 0 Å². The van der Waals surface area contributed by atoms with Gasteiger partial charge < -0.3 is 4.74 Å². The van der Waals surface area contributed by atoms with Crippen LogP contribution in [0.15, 0.2) is 24.5 Å². The standard InChI is InChI=1S/C8H14O.C2H6/c1-4-7-9-8(5-2)6-3;1-2/h5-6H,2,4,7H2,1,3H3;1-2H3/b8-6+;. The topological polar surface area (TPSA) is 9.23 Å². The molecule has 0 aliphatic carbocycles. The summed E-state index contributed by atoms with van der Waals surface area (Å²) < 4.78 is 5.23. The van der Waals surface area contributed by atoms with Gasteiger partial charge in [-0.25, -0.2) is 0 Å². The van der Waals surface area contributed by atoms with E-state index in [0.717, 1.165) is 18.8 Å². The van der Waals surface area contributed by atoms with Gasteiger partial charge >= 0.3 is 0 Å². The van der Waals surface area contributed by atoms with Gasteiger partial charge in [-0.2, -0.15) is 0 Å². The van der Waals surface area contributed by atoms with Crippen molar-refractivity contribution in [2.75, 3.05) is 6.61 Å². The van der Waals surface area contributed by atoms with Crippen molar-refractivity contribution in [3.63, 3.8) is 0 Å². The summed E-state index contributed by atoms with van der Waals surface area (Å²) in [5.41, 5.74) is 0. The molecule has 0 spiro atoms. The highest BCUT2D eigenvalue weighted by molar-refractivity contribution is 5.06. The fraction of sp³-hybridized carbons (Fsp3) is 0.600. The van der Waals surface area contributed by atoms with Crippen LogP contribution in [-0.2, 0) is 4.74 Å². The molecule has 66 valence electrons. The molecular weight excluding hydrogens is 136 g/mol. The maximum Gasteiger partial charge on any atom is 0.114 e. The molecule has 0 aromatic heterocycles. The van der Waals surface area contributed by atoms with E-state index in [1.165, 1.54) is 0 Å². The van der Waals surface area contributed by atoms with Crippen LogP contribution in [0.25, 0.3) is 0 Å². The summed E-state index contributed by atoms with van der Waals surface area (Å²) in [5.74, 6) is 0.872. The summed E-state index contributed by atoms with van der Waals surface area (Å²) in [6.45, 7) is 12.4. The molecule has 0 amide bonds. The molecule has 0 atom stereocenters. The Labute approximate surface area is 70.8 Å². The molecule has 0 radical (unpaired) electrons. The van der Waals surface area contributed by atoms with Crippen LogP contribution in [0.1, 0.15) is 34.1 Å². The Kier molecular flexibility index (Phi) is 14.1. The molecule has 0 aliphatic heterocycles. The summed E-state index contributed by atoms with van der Waals surface area (Å²) in [4.78, 5) is 0. The predicted octanol–water partition coefficient (Wildman–Crippen LogP) is 3.53. The molecule has 1 heteroatoms. The van der Waals surface area contributed by atoms with Crippen molar-refractivity contribution in [3.8, 4) is 0 Å². The zero-order valence-electron chi connectivity index (χ0n) is 8.18. The highest BCUT2D eigenvalue weighted by atomic mass is 16.5. The number of allylic oxidation sites excluding steroid dienone is 2. The maximum absolute atomic E-state index is 5.23. The summed E-state index contributed by atoms with van der Waals surface area (Å²) in [6.07, 6.45) is 4.67. The van der Waals surface area contributed by atoms with Crippen molar-refractivity contribution in [1.82, 2.24) is 0 Å². The maximum atomic E-state index is 5.23. The van der Waals surface area contributed by atoms with Gasteiger partial charge in [0, 0.05) is 0 Å². The smallest absolute Gasteiger partial charge is 0.114 e. The lowest BCUT2D eigenvalue weighted by atomic mass is 10.4. The second-order valence-electron chi connectivity index (χ2n) is 1.74. The molecule has 0 bridgehead atoms. The molecule has 0 aromatic carbocycles. The normalized spacial score (nSPS) is 9.64. The first-order valence-electron chi connectivity index (χ1n) is 4.26. The van der Waals surface area contributed by atoms with Crippen LogP contribution in [0.3, 0.4) is 0 Å². The second kappa shape index (κ2) is 12.0. The van der Waals surface area contributed by atoms with Gasteiger partial charge in [0.2, 0.25) is 0 Å². The molecule has 1 nitrogen and oxygen atoms in total. The fourth-order valence-corrected chi connectivity index (χ4v) is 0.480. The molecule has 0 heterocycles. The molecule has 0 fully saturated rings. The van der Waals surface area contributed by atoms with Gasteiger partial charge in [0.25, 0.3) is 0 Å². The monoisotopic (exact) mass is 156 g/mol. The second-order valence-corrected chi connectivity index (χ2v) is 1.74. The average Bonchev–Trinajstić information content (AvgIpc) is 2.10. The van der Waals surface area contributed by atoms with E-state index < -0.39 is 0 Å². The zero-order chi connectivity index (χ0) is 9.11.